The van der Waals surface area contributed by atoms with Crippen molar-refractivity contribution in [2.24, 2.45) is 5.10 Å². The lowest BCUT2D eigenvalue weighted by molar-refractivity contribution is 0.0959. The van der Waals surface area contributed by atoms with Crippen LogP contribution in [-0.4, -0.2) is 12.1 Å². The van der Waals surface area contributed by atoms with Crippen LogP contribution < -0.4 is 5.43 Å². The first-order valence-electron chi connectivity index (χ1n) is 6.32. The van der Waals surface area contributed by atoms with E-state index in [1.807, 2.05) is 31.2 Å². The molecule has 0 atom stereocenters. The maximum absolute atomic E-state index is 12.2. The molecule has 1 N–H and O–H groups in total. The SMILES string of the molecule is Cc1ccc2c(Cl)c(C(=O)N/N=C/c3ccc(Cl)s3)sc2c1. The van der Waals surface area contributed by atoms with Crippen molar-refractivity contribution in [3.8, 4) is 0 Å². The van der Waals surface area contributed by atoms with Gasteiger partial charge in [0.25, 0.3) is 5.91 Å². The van der Waals surface area contributed by atoms with Gasteiger partial charge in [0.05, 0.1) is 15.6 Å². The first-order valence-corrected chi connectivity index (χ1v) is 8.71. The van der Waals surface area contributed by atoms with E-state index in [9.17, 15) is 4.79 Å². The Hall–Kier alpha value is -1.40. The van der Waals surface area contributed by atoms with Gasteiger partial charge in [-0.15, -0.1) is 22.7 Å². The molecule has 0 bridgehead atoms. The molecule has 0 spiro atoms. The molecule has 0 saturated heterocycles. The number of fused-ring (bicyclic) bond motifs is 1. The van der Waals surface area contributed by atoms with Gasteiger partial charge in [-0.05, 0) is 30.7 Å². The number of hydrazone groups is 1. The second kappa shape index (κ2) is 6.38. The molecule has 0 aliphatic heterocycles. The van der Waals surface area contributed by atoms with Crippen molar-refractivity contribution >= 4 is 68.1 Å². The Balaban J connectivity index is 1.80. The summed E-state index contributed by atoms with van der Waals surface area (Å²) in [6, 6.07) is 9.52. The Bertz CT molecular complexity index is 883. The molecule has 1 aromatic carbocycles. The topological polar surface area (TPSA) is 41.5 Å². The maximum Gasteiger partial charge on any atom is 0.283 e. The Morgan fingerprint density at radius 2 is 2.05 bits per heavy atom. The third-order valence-corrected chi connectivity index (χ3v) is 5.76. The molecule has 0 aliphatic rings. The number of benzene rings is 1. The number of amides is 1. The number of rotatable bonds is 3. The van der Waals surface area contributed by atoms with Gasteiger partial charge in [-0.3, -0.25) is 4.79 Å². The molecular weight excluding hydrogens is 359 g/mol. The van der Waals surface area contributed by atoms with E-state index in [1.165, 1.54) is 22.7 Å². The number of thiophene rings is 2. The van der Waals surface area contributed by atoms with Crippen LogP contribution in [0.15, 0.2) is 35.4 Å². The Morgan fingerprint density at radius 1 is 1.23 bits per heavy atom. The summed E-state index contributed by atoms with van der Waals surface area (Å²) in [6.07, 6.45) is 1.56. The number of hydrogen-bond donors (Lipinski definition) is 1. The van der Waals surface area contributed by atoms with Gasteiger partial charge in [-0.1, -0.05) is 35.3 Å². The zero-order chi connectivity index (χ0) is 15.7. The van der Waals surface area contributed by atoms with Gasteiger partial charge in [-0.25, -0.2) is 5.43 Å². The normalized spacial score (nSPS) is 11.4. The van der Waals surface area contributed by atoms with Crippen LogP contribution in [-0.2, 0) is 0 Å². The molecule has 0 saturated carbocycles. The third kappa shape index (κ3) is 3.17. The third-order valence-electron chi connectivity index (χ3n) is 2.94. The summed E-state index contributed by atoms with van der Waals surface area (Å²) >= 11 is 14.9. The van der Waals surface area contributed by atoms with Crippen molar-refractivity contribution in [3.63, 3.8) is 0 Å². The number of carbonyl (C=O) groups excluding carboxylic acids is 1. The minimum Gasteiger partial charge on any atom is -0.266 e. The lowest BCUT2D eigenvalue weighted by atomic mass is 10.2. The van der Waals surface area contributed by atoms with E-state index in [1.54, 1.807) is 12.3 Å². The standard InChI is InChI=1S/C15H10Cl2N2OS2/c1-8-2-4-10-11(6-8)22-14(13(10)17)15(20)19-18-7-9-3-5-12(16)21-9/h2-7H,1H3,(H,19,20)/b18-7+. The number of nitrogens with one attached hydrogen (secondary N) is 1. The highest BCUT2D eigenvalue weighted by Gasteiger charge is 2.16. The highest BCUT2D eigenvalue weighted by atomic mass is 35.5. The fourth-order valence-corrected chi connectivity index (χ4v) is 4.36. The van der Waals surface area contributed by atoms with E-state index in [0.717, 1.165) is 20.5 Å². The fraction of sp³-hybridized carbons (Fsp3) is 0.0667. The minimum absolute atomic E-state index is 0.317. The molecule has 3 nitrogen and oxygen atoms in total. The molecule has 1 amide bonds. The van der Waals surface area contributed by atoms with E-state index < -0.39 is 0 Å². The molecule has 0 aliphatic carbocycles. The second-order valence-corrected chi connectivity index (χ2v) is 7.76. The van der Waals surface area contributed by atoms with Crippen molar-refractivity contribution < 1.29 is 4.79 Å². The van der Waals surface area contributed by atoms with E-state index in [0.29, 0.717) is 14.2 Å². The Kier molecular flexibility index (Phi) is 4.49. The summed E-state index contributed by atoms with van der Waals surface area (Å²) in [5, 5.41) is 5.29. The van der Waals surface area contributed by atoms with E-state index >= 15 is 0 Å². The van der Waals surface area contributed by atoms with Gasteiger partial charge >= 0.3 is 0 Å². The zero-order valence-electron chi connectivity index (χ0n) is 11.4. The highest BCUT2D eigenvalue weighted by molar-refractivity contribution is 7.21. The van der Waals surface area contributed by atoms with Crippen LogP contribution in [0.4, 0.5) is 0 Å². The largest absolute Gasteiger partial charge is 0.283 e. The molecule has 22 heavy (non-hydrogen) atoms. The predicted octanol–water partition coefficient (Wildman–Crippen LogP) is 5.34. The second-order valence-electron chi connectivity index (χ2n) is 4.59. The van der Waals surface area contributed by atoms with Crippen molar-refractivity contribution in [2.75, 3.05) is 0 Å². The summed E-state index contributed by atoms with van der Waals surface area (Å²) in [6.45, 7) is 2.00. The minimum atomic E-state index is -0.317. The Labute approximate surface area is 145 Å². The lowest BCUT2D eigenvalue weighted by Crippen LogP contribution is -2.16. The van der Waals surface area contributed by atoms with E-state index in [-0.39, 0.29) is 5.91 Å². The van der Waals surface area contributed by atoms with Crippen LogP contribution in [0.2, 0.25) is 9.36 Å². The van der Waals surface area contributed by atoms with Crippen molar-refractivity contribution in [1.29, 1.82) is 0 Å². The highest BCUT2D eigenvalue weighted by Crippen LogP contribution is 2.35. The quantitative estimate of drug-likeness (QED) is 0.491. The maximum atomic E-state index is 12.2. The summed E-state index contributed by atoms with van der Waals surface area (Å²) in [7, 11) is 0. The number of nitrogens with zero attached hydrogens (tertiary/aromatic N) is 1. The van der Waals surface area contributed by atoms with Crippen molar-refractivity contribution in [3.05, 3.63) is 55.0 Å². The van der Waals surface area contributed by atoms with Gasteiger partial charge in [0.2, 0.25) is 0 Å². The molecule has 3 rings (SSSR count). The molecule has 0 unspecified atom stereocenters. The number of aryl methyl sites for hydroxylation is 1. The summed E-state index contributed by atoms with van der Waals surface area (Å²) in [5.74, 6) is -0.317. The van der Waals surface area contributed by atoms with Crippen molar-refractivity contribution in [2.45, 2.75) is 6.92 Å². The smallest absolute Gasteiger partial charge is 0.266 e. The van der Waals surface area contributed by atoms with Crippen LogP contribution >= 0.6 is 45.9 Å². The van der Waals surface area contributed by atoms with Crippen LogP contribution in [0.3, 0.4) is 0 Å². The van der Waals surface area contributed by atoms with Gasteiger partial charge in [0.1, 0.15) is 4.88 Å². The molecule has 7 heteroatoms. The summed E-state index contributed by atoms with van der Waals surface area (Å²) in [4.78, 5) is 13.5. The average Bonchev–Trinajstić information content (AvgIpc) is 3.03. The number of carbonyl (C=O) groups is 1. The molecule has 112 valence electrons. The van der Waals surface area contributed by atoms with Crippen LogP contribution in [0.25, 0.3) is 10.1 Å². The molecule has 0 radical (unpaired) electrons. The molecule has 2 heterocycles. The van der Waals surface area contributed by atoms with Gasteiger partial charge < -0.3 is 0 Å². The van der Waals surface area contributed by atoms with Gasteiger partial charge in [-0.2, -0.15) is 5.10 Å². The van der Waals surface area contributed by atoms with Crippen LogP contribution in [0.5, 0.6) is 0 Å². The van der Waals surface area contributed by atoms with Crippen LogP contribution in [0, 0.1) is 6.92 Å². The fourth-order valence-electron chi connectivity index (χ4n) is 1.92. The number of hydrogen-bond acceptors (Lipinski definition) is 4. The van der Waals surface area contributed by atoms with Crippen LogP contribution in [0.1, 0.15) is 20.1 Å². The molecule has 2 aromatic heterocycles. The van der Waals surface area contributed by atoms with Crippen molar-refractivity contribution in [1.82, 2.24) is 5.43 Å². The lowest BCUT2D eigenvalue weighted by Gasteiger charge is -1.96. The van der Waals surface area contributed by atoms with E-state index in [2.05, 4.69) is 10.5 Å². The first kappa shape index (κ1) is 15.5. The predicted molar refractivity (Wildman–Crippen MR) is 96.0 cm³/mol. The molecule has 3 aromatic rings. The first-order chi connectivity index (χ1) is 10.5. The molecule has 0 fully saturated rings. The number of halogens is 2. The summed E-state index contributed by atoms with van der Waals surface area (Å²) < 4.78 is 1.67. The zero-order valence-corrected chi connectivity index (χ0v) is 14.5. The monoisotopic (exact) mass is 368 g/mol. The van der Waals surface area contributed by atoms with Gasteiger partial charge in [0.15, 0.2) is 0 Å². The molecular formula is C15H10Cl2N2OS2. The summed E-state index contributed by atoms with van der Waals surface area (Å²) in [5.41, 5.74) is 3.62. The Morgan fingerprint density at radius 3 is 2.77 bits per heavy atom. The average molecular weight is 369 g/mol. The van der Waals surface area contributed by atoms with E-state index in [4.69, 9.17) is 23.2 Å². The van der Waals surface area contributed by atoms with Gasteiger partial charge in [0, 0.05) is 15.0 Å².